The molecule has 0 heterocycles. The van der Waals surface area contributed by atoms with Crippen LogP contribution in [0, 0.1) is 0 Å². The Balaban J connectivity index is 1.82. The Morgan fingerprint density at radius 2 is 1.38 bits per heavy atom. The summed E-state index contributed by atoms with van der Waals surface area (Å²) in [5.74, 6) is 0.288. The fraction of sp³-hybridized carbons (Fsp3) is 0.182. The van der Waals surface area contributed by atoms with E-state index in [1.807, 2.05) is 18.2 Å². The summed E-state index contributed by atoms with van der Waals surface area (Å²) in [5.41, 5.74) is 11.3. The third-order valence-corrected chi connectivity index (χ3v) is 4.70. The van der Waals surface area contributed by atoms with Crippen molar-refractivity contribution >= 4 is 11.6 Å². The molecule has 0 saturated carbocycles. The number of hydrogen-bond acceptors (Lipinski definition) is 1. The van der Waals surface area contributed by atoms with Gasteiger partial charge in [-0.05, 0) is 47.7 Å². The fourth-order valence-corrected chi connectivity index (χ4v) is 3.16. The number of benzene rings is 3. The van der Waals surface area contributed by atoms with Gasteiger partial charge in [-0.3, -0.25) is 0 Å². The lowest BCUT2D eigenvalue weighted by Crippen LogP contribution is -2.26. The second-order valence-corrected chi connectivity index (χ2v) is 6.72. The minimum Gasteiger partial charge on any atom is -0.327 e. The molecular weight excluding hydrogens is 314 g/mol. The molecule has 0 aliphatic rings. The summed E-state index contributed by atoms with van der Waals surface area (Å²) < 4.78 is 0. The molecule has 2 N–H and O–H groups in total. The predicted octanol–water partition coefficient (Wildman–Crippen LogP) is 5.68. The van der Waals surface area contributed by atoms with Crippen molar-refractivity contribution in [3.05, 3.63) is 95.0 Å². The molecule has 0 saturated heterocycles. The van der Waals surface area contributed by atoms with E-state index in [-0.39, 0.29) is 12.0 Å². The molecule has 0 bridgehead atoms. The van der Waals surface area contributed by atoms with Crippen molar-refractivity contribution in [3.8, 4) is 11.1 Å². The van der Waals surface area contributed by atoms with E-state index < -0.39 is 0 Å². The van der Waals surface area contributed by atoms with E-state index in [0.29, 0.717) is 0 Å². The molecule has 2 atom stereocenters. The van der Waals surface area contributed by atoms with E-state index in [2.05, 4.69) is 67.6 Å². The van der Waals surface area contributed by atoms with Gasteiger partial charge in [0.1, 0.15) is 0 Å². The maximum Gasteiger partial charge on any atom is 0.0406 e. The summed E-state index contributed by atoms with van der Waals surface area (Å²) in [6.45, 7) is 2.08. The van der Waals surface area contributed by atoms with Crippen molar-refractivity contribution in [1.29, 1.82) is 0 Å². The smallest absolute Gasteiger partial charge is 0.0406 e. The van der Waals surface area contributed by atoms with Crippen LogP contribution in [0.1, 0.15) is 24.0 Å². The number of hydrogen-bond donors (Lipinski definition) is 1. The van der Waals surface area contributed by atoms with Crippen molar-refractivity contribution in [2.45, 2.75) is 25.3 Å². The van der Waals surface area contributed by atoms with Crippen LogP contribution in [0.4, 0.5) is 0 Å². The van der Waals surface area contributed by atoms with Gasteiger partial charge < -0.3 is 5.73 Å². The highest BCUT2D eigenvalue weighted by atomic mass is 35.5. The van der Waals surface area contributed by atoms with Gasteiger partial charge in [-0.15, -0.1) is 0 Å². The van der Waals surface area contributed by atoms with Crippen molar-refractivity contribution in [2.24, 2.45) is 5.73 Å². The summed E-state index contributed by atoms with van der Waals surface area (Å²) in [5, 5.41) is 0.767. The largest absolute Gasteiger partial charge is 0.327 e. The van der Waals surface area contributed by atoms with Crippen molar-refractivity contribution in [3.63, 3.8) is 0 Å². The average Bonchev–Trinajstić information content (AvgIpc) is 2.62. The van der Waals surface area contributed by atoms with Gasteiger partial charge in [0.05, 0.1) is 0 Å². The first-order valence-electron chi connectivity index (χ1n) is 8.29. The Kier molecular flexibility index (Phi) is 5.34. The Hall–Kier alpha value is -2.09. The van der Waals surface area contributed by atoms with Gasteiger partial charge in [-0.1, -0.05) is 78.3 Å². The van der Waals surface area contributed by atoms with Crippen LogP contribution in [0.25, 0.3) is 11.1 Å². The number of halogens is 1. The van der Waals surface area contributed by atoms with Crippen LogP contribution in [-0.4, -0.2) is 6.04 Å². The maximum absolute atomic E-state index is 6.27. The van der Waals surface area contributed by atoms with Crippen LogP contribution in [0.15, 0.2) is 78.9 Å². The fourth-order valence-electron chi connectivity index (χ4n) is 3.04. The SMILES string of the molecule is CC(N)C(Cc1ccc(Cl)cc1)c1ccc(-c2ccccc2)cc1. The molecule has 2 unspecified atom stereocenters. The summed E-state index contributed by atoms with van der Waals surface area (Å²) in [6, 6.07) is 27.3. The van der Waals surface area contributed by atoms with Gasteiger partial charge in [0.2, 0.25) is 0 Å². The number of nitrogens with two attached hydrogens (primary N) is 1. The van der Waals surface area contributed by atoms with E-state index in [1.165, 1.54) is 22.3 Å². The van der Waals surface area contributed by atoms with E-state index in [4.69, 9.17) is 17.3 Å². The highest BCUT2D eigenvalue weighted by molar-refractivity contribution is 6.30. The lowest BCUT2D eigenvalue weighted by atomic mass is 9.86. The van der Waals surface area contributed by atoms with Crippen LogP contribution in [0.5, 0.6) is 0 Å². The Morgan fingerprint density at radius 1 is 0.792 bits per heavy atom. The van der Waals surface area contributed by atoms with Crippen LogP contribution in [0.2, 0.25) is 5.02 Å². The normalized spacial score (nSPS) is 13.5. The molecule has 3 aromatic rings. The quantitative estimate of drug-likeness (QED) is 0.637. The Labute approximate surface area is 149 Å². The maximum atomic E-state index is 6.27. The first kappa shape index (κ1) is 16.8. The minimum atomic E-state index is 0.0863. The summed E-state index contributed by atoms with van der Waals surface area (Å²) >= 11 is 5.98. The van der Waals surface area contributed by atoms with Gasteiger partial charge in [-0.2, -0.15) is 0 Å². The third-order valence-electron chi connectivity index (χ3n) is 4.45. The first-order chi connectivity index (χ1) is 11.6. The molecule has 0 fully saturated rings. The summed E-state index contributed by atoms with van der Waals surface area (Å²) in [4.78, 5) is 0. The molecule has 2 heteroatoms. The molecule has 0 aromatic heterocycles. The zero-order valence-electron chi connectivity index (χ0n) is 13.8. The van der Waals surface area contributed by atoms with Crippen LogP contribution in [-0.2, 0) is 6.42 Å². The van der Waals surface area contributed by atoms with E-state index >= 15 is 0 Å². The lowest BCUT2D eigenvalue weighted by molar-refractivity contribution is 0.565. The lowest BCUT2D eigenvalue weighted by Gasteiger charge is -2.22. The molecule has 122 valence electrons. The third kappa shape index (κ3) is 4.05. The minimum absolute atomic E-state index is 0.0863. The van der Waals surface area contributed by atoms with E-state index in [1.54, 1.807) is 0 Å². The van der Waals surface area contributed by atoms with Gasteiger partial charge in [-0.25, -0.2) is 0 Å². The average molecular weight is 336 g/mol. The second-order valence-electron chi connectivity index (χ2n) is 6.28. The van der Waals surface area contributed by atoms with Gasteiger partial charge in [0, 0.05) is 17.0 Å². The second kappa shape index (κ2) is 7.65. The van der Waals surface area contributed by atoms with Crippen LogP contribution < -0.4 is 5.73 Å². The summed E-state index contributed by atoms with van der Waals surface area (Å²) in [7, 11) is 0. The van der Waals surface area contributed by atoms with Crippen LogP contribution >= 0.6 is 11.6 Å². The van der Waals surface area contributed by atoms with E-state index in [0.717, 1.165) is 11.4 Å². The van der Waals surface area contributed by atoms with Crippen LogP contribution in [0.3, 0.4) is 0 Å². The van der Waals surface area contributed by atoms with Gasteiger partial charge in [0.25, 0.3) is 0 Å². The standard InChI is InChI=1S/C22H22ClN/c1-16(24)22(15-17-7-13-21(23)14-8-17)20-11-9-19(10-12-20)18-5-3-2-4-6-18/h2-14,16,22H,15,24H2,1H3. The zero-order valence-corrected chi connectivity index (χ0v) is 14.6. The Bertz CT molecular complexity index is 761. The molecule has 24 heavy (non-hydrogen) atoms. The molecular formula is C22H22ClN. The van der Waals surface area contributed by atoms with Crippen molar-refractivity contribution in [2.75, 3.05) is 0 Å². The highest BCUT2D eigenvalue weighted by Gasteiger charge is 2.17. The molecule has 0 radical (unpaired) electrons. The molecule has 0 spiro atoms. The molecule has 0 aliphatic heterocycles. The topological polar surface area (TPSA) is 26.0 Å². The predicted molar refractivity (Wildman–Crippen MR) is 103 cm³/mol. The monoisotopic (exact) mass is 335 g/mol. The van der Waals surface area contributed by atoms with Crippen molar-refractivity contribution in [1.82, 2.24) is 0 Å². The number of rotatable bonds is 5. The van der Waals surface area contributed by atoms with Gasteiger partial charge >= 0.3 is 0 Å². The molecule has 3 aromatic carbocycles. The first-order valence-corrected chi connectivity index (χ1v) is 8.66. The van der Waals surface area contributed by atoms with E-state index in [9.17, 15) is 0 Å². The molecule has 3 rings (SSSR count). The molecule has 1 nitrogen and oxygen atoms in total. The molecule has 0 aliphatic carbocycles. The van der Waals surface area contributed by atoms with Crippen molar-refractivity contribution < 1.29 is 0 Å². The molecule has 0 amide bonds. The highest BCUT2D eigenvalue weighted by Crippen LogP contribution is 2.27. The Morgan fingerprint density at radius 3 is 1.96 bits per heavy atom. The summed E-state index contributed by atoms with van der Waals surface area (Å²) in [6.07, 6.45) is 0.916. The van der Waals surface area contributed by atoms with Gasteiger partial charge in [0.15, 0.2) is 0 Å². The zero-order chi connectivity index (χ0) is 16.9.